The first-order chi connectivity index (χ1) is 9.94. The van der Waals surface area contributed by atoms with Gasteiger partial charge in [-0.25, -0.2) is 4.39 Å². The van der Waals surface area contributed by atoms with Crippen molar-refractivity contribution in [2.24, 2.45) is 11.3 Å². The monoisotopic (exact) mass is 293 g/mol. The number of ether oxygens (including phenoxy) is 1. The lowest BCUT2D eigenvalue weighted by Crippen LogP contribution is -2.34. The van der Waals surface area contributed by atoms with Crippen molar-refractivity contribution in [3.8, 4) is 0 Å². The summed E-state index contributed by atoms with van der Waals surface area (Å²) >= 11 is 0. The molecule has 1 aromatic carbocycles. The quantitative estimate of drug-likeness (QED) is 0.722. The predicted molar refractivity (Wildman–Crippen MR) is 80.2 cm³/mol. The van der Waals surface area contributed by atoms with Crippen molar-refractivity contribution in [2.45, 2.75) is 33.2 Å². The zero-order valence-corrected chi connectivity index (χ0v) is 13.1. The van der Waals surface area contributed by atoms with Crippen LogP contribution in [0, 0.1) is 17.2 Å². The van der Waals surface area contributed by atoms with Crippen LogP contribution in [0.2, 0.25) is 0 Å². The Kier molecular flexibility index (Phi) is 4.99. The molecule has 116 valence electrons. The highest BCUT2D eigenvalue weighted by molar-refractivity contribution is 5.82. The second kappa shape index (κ2) is 6.56. The highest BCUT2D eigenvalue weighted by Crippen LogP contribution is 2.52. The first-order valence-electron chi connectivity index (χ1n) is 7.46. The van der Waals surface area contributed by atoms with E-state index in [-0.39, 0.29) is 23.1 Å². The van der Waals surface area contributed by atoms with Gasteiger partial charge < -0.3 is 9.64 Å². The molecule has 1 fully saturated rings. The highest BCUT2D eigenvalue weighted by Gasteiger charge is 2.51. The fourth-order valence-corrected chi connectivity index (χ4v) is 2.59. The van der Waals surface area contributed by atoms with Crippen molar-refractivity contribution in [1.29, 1.82) is 0 Å². The second-order valence-electron chi connectivity index (χ2n) is 6.48. The van der Waals surface area contributed by atoms with Crippen LogP contribution in [-0.2, 0) is 16.1 Å². The second-order valence-corrected chi connectivity index (χ2v) is 6.48. The van der Waals surface area contributed by atoms with E-state index >= 15 is 0 Å². The van der Waals surface area contributed by atoms with E-state index in [1.165, 1.54) is 12.1 Å². The minimum Gasteiger partial charge on any atom is -0.385 e. The lowest BCUT2D eigenvalue weighted by Gasteiger charge is -2.23. The van der Waals surface area contributed by atoms with Crippen LogP contribution in [0.15, 0.2) is 24.3 Å². The molecule has 3 nitrogen and oxygen atoms in total. The molecule has 0 radical (unpaired) electrons. The van der Waals surface area contributed by atoms with Gasteiger partial charge in [-0.05, 0) is 36.0 Å². The molecular weight excluding hydrogens is 269 g/mol. The summed E-state index contributed by atoms with van der Waals surface area (Å²) < 4.78 is 18.0. The first-order valence-corrected chi connectivity index (χ1v) is 7.46. The van der Waals surface area contributed by atoms with Gasteiger partial charge in [-0.2, -0.15) is 0 Å². The number of carbonyl (C=O) groups excluding carboxylic acids is 1. The van der Waals surface area contributed by atoms with Crippen LogP contribution in [0.5, 0.6) is 0 Å². The normalized spacial score (nSPS) is 19.3. The van der Waals surface area contributed by atoms with Gasteiger partial charge in [0.15, 0.2) is 0 Å². The fraction of sp³-hybridized carbons (Fsp3) is 0.588. The minimum absolute atomic E-state index is 0.124. The Balaban J connectivity index is 2.01. The van der Waals surface area contributed by atoms with Crippen molar-refractivity contribution in [3.63, 3.8) is 0 Å². The SMILES string of the molecule is COCCCN(Cc1ccc(F)cc1)C(=O)[C@@H]1CC1(C)C. The van der Waals surface area contributed by atoms with Gasteiger partial charge in [0.25, 0.3) is 0 Å². The first kappa shape index (κ1) is 16.0. The fourth-order valence-electron chi connectivity index (χ4n) is 2.59. The number of carbonyl (C=O) groups is 1. The average molecular weight is 293 g/mol. The van der Waals surface area contributed by atoms with Crippen LogP contribution in [-0.4, -0.2) is 31.1 Å². The molecule has 0 N–H and O–H groups in total. The summed E-state index contributed by atoms with van der Waals surface area (Å²) in [5.74, 6) is 0.0836. The molecule has 0 heterocycles. The number of amides is 1. The molecule has 0 bridgehead atoms. The van der Waals surface area contributed by atoms with Gasteiger partial charge >= 0.3 is 0 Å². The van der Waals surface area contributed by atoms with E-state index in [9.17, 15) is 9.18 Å². The molecule has 0 unspecified atom stereocenters. The molecule has 1 amide bonds. The standard InChI is InChI=1S/C17H24FNO2/c1-17(2)11-15(17)16(20)19(9-4-10-21-3)12-13-5-7-14(18)8-6-13/h5-8,15H,4,9-12H2,1-3H3/t15-/m0/s1. The maximum atomic E-state index is 13.0. The van der Waals surface area contributed by atoms with E-state index in [0.717, 1.165) is 18.4 Å². The van der Waals surface area contributed by atoms with Gasteiger partial charge in [0.2, 0.25) is 5.91 Å². The molecule has 21 heavy (non-hydrogen) atoms. The van der Waals surface area contributed by atoms with Crippen molar-refractivity contribution in [1.82, 2.24) is 4.90 Å². The highest BCUT2D eigenvalue weighted by atomic mass is 19.1. The molecule has 1 aliphatic carbocycles. The van der Waals surface area contributed by atoms with Crippen molar-refractivity contribution in [2.75, 3.05) is 20.3 Å². The molecule has 0 saturated heterocycles. The molecule has 2 rings (SSSR count). The van der Waals surface area contributed by atoms with Crippen molar-refractivity contribution in [3.05, 3.63) is 35.6 Å². The topological polar surface area (TPSA) is 29.5 Å². The number of benzene rings is 1. The molecule has 1 saturated carbocycles. The summed E-state index contributed by atoms with van der Waals surface area (Å²) in [6.07, 6.45) is 1.77. The van der Waals surface area contributed by atoms with Crippen LogP contribution < -0.4 is 0 Å². The van der Waals surface area contributed by atoms with Gasteiger partial charge in [0.05, 0.1) is 0 Å². The summed E-state index contributed by atoms with van der Waals surface area (Å²) in [6, 6.07) is 6.36. The zero-order valence-electron chi connectivity index (χ0n) is 13.1. The van der Waals surface area contributed by atoms with Crippen molar-refractivity contribution >= 4 is 5.91 Å². The molecule has 1 atom stereocenters. The Morgan fingerprint density at radius 3 is 2.52 bits per heavy atom. The number of rotatable bonds is 7. The lowest BCUT2D eigenvalue weighted by atomic mass is 10.1. The number of hydrogen-bond acceptors (Lipinski definition) is 2. The predicted octanol–water partition coefficient (Wildman–Crippen LogP) is 3.24. The maximum absolute atomic E-state index is 13.0. The molecule has 4 heteroatoms. The Bertz CT molecular complexity index is 484. The third kappa shape index (κ3) is 4.27. The van der Waals surface area contributed by atoms with E-state index in [2.05, 4.69) is 13.8 Å². The summed E-state index contributed by atoms with van der Waals surface area (Å²) in [6.45, 7) is 6.11. The number of methoxy groups -OCH3 is 1. The Morgan fingerprint density at radius 1 is 1.38 bits per heavy atom. The summed E-state index contributed by atoms with van der Waals surface area (Å²) in [5, 5.41) is 0. The van der Waals surface area contributed by atoms with E-state index in [0.29, 0.717) is 19.7 Å². The third-order valence-electron chi connectivity index (χ3n) is 4.19. The molecule has 0 aromatic heterocycles. The van der Waals surface area contributed by atoms with E-state index < -0.39 is 0 Å². The van der Waals surface area contributed by atoms with Gasteiger partial charge in [-0.15, -0.1) is 0 Å². The largest absolute Gasteiger partial charge is 0.385 e. The summed E-state index contributed by atoms with van der Waals surface area (Å²) in [5.41, 5.74) is 1.08. The van der Waals surface area contributed by atoms with Gasteiger partial charge in [-0.1, -0.05) is 26.0 Å². The van der Waals surface area contributed by atoms with E-state index in [1.54, 1.807) is 19.2 Å². The third-order valence-corrected chi connectivity index (χ3v) is 4.19. The molecule has 0 aliphatic heterocycles. The van der Waals surface area contributed by atoms with Gasteiger partial charge in [0, 0.05) is 32.7 Å². The van der Waals surface area contributed by atoms with E-state index in [4.69, 9.17) is 4.74 Å². The summed E-state index contributed by atoms with van der Waals surface area (Å²) in [7, 11) is 1.66. The average Bonchev–Trinajstić information content (AvgIpc) is 3.08. The number of hydrogen-bond donors (Lipinski definition) is 0. The smallest absolute Gasteiger partial charge is 0.226 e. The Labute approximate surface area is 126 Å². The lowest BCUT2D eigenvalue weighted by molar-refractivity contribution is -0.134. The van der Waals surface area contributed by atoms with Crippen LogP contribution >= 0.6 is 0 Å². The molecular formula is C17H24FNO2. The summed E-state index contributed by atoms with van der Waals surface area (Å²) in [4.78, 5) is 14.5. The van der Waals surface area contributed by atoms with Crippen LogP contribution in [0.4, 0.5) is 4.39 Å². The van der Waals surface area contributed by atoms with E-state index in [1.807, 2.05) is 4.90 Å². The van der Waals surface area contributed by atoms with Gasteiger partial charge in [0.1, 0.15) is 5.82 Å². The zero-order chi connectivity index (χ0) is 15.5. The van der Waals surface area contributed by atoms with Gasteiger partial charge in [-0.3, -0.25) is 4.79 Å². The molecule has 1 aliphatic rings. The number of nitrogens with zero attached hydrogens (tertiary/aromatic N) is 1. The molecule has 0 spiro atoms. The minimum atomic E-state index is -0.251. The Morgan fingerprint density at radius 2 is 2.00 bits per heavy atom. The van der Waals surface area contributed by atoms with Crippen LogP contribution in [0.3, 0.4) is 0 Å². The Hall–Kier alpha value is -1.42. The maximum Gasteiger partial charge on any atom is 0.226 e. The number of halogens is 1. The van der Waals surface area contributed by atoms with Crippen LogP contribution in [0.25, 0.3) is 0 Å². The molecule has 1 aromatic rings. The van der Waals surface area contributed by atoms with Crippen molar-refractivity contribution < 1.29 is 13.9 Å². The van der Waals surface area contributed by atoms with Crippen LogP contribution in [0.1, 0.15) is 32.3 Å².